The van der Waals surface area contributed by atoms with E-state index in [1.54, 1.807) is 4.90 Å². The first kappa shape index (κ1) is 27.2. The molecule has 0 radical (unpaired) electrons. The maximum atomic E-state index is 13.6. The molecule has 1 saturated heterocycles. The predicted octanol–water partition coefficient (Wildman–Crippen LogP) is 3.56. The Labute approximate surface area is 219 Å². The zero-order valence-corrected chi connectivity index (χ0v) is 21.8. The molecule has 0 bridgehead atoms. The third-order valence-corrected chi connectivity index (χ3v) is 6.65. The van der Waals surface area contributed by atoms with Gasteiger partial charge < -0.3 is 11.1 Å². The Morgan fingerprint density at radius 1 is 1.29 bits per heavy atom. The fourth-order valence-electron chi connectivity index (χ4n) is 4.26. The Morgan fingerprint density at radius 3 is 2.68 bits per heavy atom. The van der Waals surface area contributed by atoms with Crippen LogP contribution in [0.4, 0.5) is 20.3 Å². The van der Waals surface area contributed by atoms with E-state index in [1.165, 1.54) is 24.5 Å². The van der Waals surface area contributed by atoms with E-state index in [9.17, 15) is 22.0 Å². The van der Waals surface area contributed by atoms with Crippen molar-refractivity contribution in [2.45, 2.75) is 25.7 Å². The summed E-state index contributed by atoms with van der Waals surface area (Å²) in [5.74, 6) is -3.02. The van der Waals surface area contributed by atoms with Crippen molar-refractivity contribution < 1.29 is 22.0 Å². The number of aromatic nitrogens is 3. The van der Waals surface area contributed by atoms with Crippen LogP contribution in [0.15, 0.2) is 54.4 Å². The lowest BCUT2D eigenvalue weighted by atomic mass is 9.98. The minimum Gasteiger partial charge on any atom is -0.404 e. The molecular weight excluding hydrogens is 516 g/mol. The van der Waals surface area contributed by atoms with Crippen molar-refractivity contribution in [3.63, 3.8) is 0 Å². The number of alkyl halides is 2. The molecule has 3 heterocycles. The van der Waals surface area contributed by atoms with Crippen LogP contribution in [-0.2, 0) is 10.0 Å². The maximum Gasteiger partial charge on any atom is 0.276 e. The average Bonchev–Trinajstić information content (AvgIpc) is 3.43. The molecule has 202 valence electrons. The lowest BCUT2D eigenvalue weighted by molar-refractivity contribution is 0.0131. The van der Waals surface area contributed by atoms with Crippen LogP contribution in [0.5, 0.6) is 0 Å². The van der Waals surface area contributed by atoms with Crippen molar-refractivity contribution in [1.29, 1.82) is 0 Å². The van der Waals surface area contributed by atoms with E-state index in [2.05, 4.69) is 25.2 Å². The molecule has 2 aromatic heterocycles. The van der Waals surface area contributed by atoms with Crippen LogP contribution >= 0.6 is 0 Å². The Hall–Kier alpha value is -3.84. The number of carbonyl (C=O) groups is 1. The van der Waals surface area contributed by atoms with E-state index in [0.29, 0.717) is 36.1 Å². The average molecular weight is 546 g/mol. The van der Waals surface area contributed by atoms with Crippen molar-refractivity contribution in [3.8, 4) is 0 Å². The zero-order chi connectivity index (χ0) is 27.5. The third kappa shape index (κ3) is 6.72. The van der Waals surface area contributed by atoms with Crippen LogP contribution in [0.25, 0.3) is 16.5 Å². The number of pyridine rings is 1. The highest BCUT2D eigenvalue weighted by Gasteiger charge is 2.38. The van der Waals surface area contributed by atoms with Gasteiger partial charge >= 0.3 is 0 Å². The molecule has 0 spiro atoms. The van der Waals surface area contributed by atoms with Gasteiger partial charge in [-0.05, 0) is 53.6 Å². The zero-order valence-electron chi connectivity index (χ0n) is 21.0. The standard InChI is InChI=1S/C25H29F2N7O3S/c1-3-17(10-16(12-28)14-34-9-8-25(26,27)15-34)18-4-6-21-20(11-18)23(32-31-21)24(35)30-19-5-7-22(29-13-19)33-38(2,36)37/h4-7,10-13H,3,8-9,14-15,28H2,1-2H3,(H,29,33)(H,30,35)(H,31,32)/b16-12+,17-10+. The largest absolute Gasteiger partial charge is 0.404 e. The molecule has 0 saturated carbocycles. The topological polar surface area (TPSA) is 146 Å². The van der Waals surface area contributed by atoms with Gasteiger partial charge in [-0.1, -0.05) is 19.1 Å². The molecule has 1 aliphatic heterocycles. The Kier molecular flexibility index (Phi) is 7.78. The highest BCUT2D eigenvalue weighted by atomic mass is 32.2. The van der Waals surface area contributed by atoms with Crippen LogP contribution in [0, 0.1) is 0 Å². The lowest BCUT2D eigenvalue weighted by Crippen LogP contribution is -2.27. The summed E-state index contributed by atoms with van der Waals surface area (Å²) in [7, 11) is -3.47. The minimum absolute atomic E-state index is 0.128. The van der Waals surface area contributed by atoms with Gasteiger partial charge in [-0.3, -0.25) is 19.5 Å². The SMILES string of the molecule is CC/C(=C\C(=C/N)CN1CCC(F)(F)C1)c1ccc2[nH]nc(C(=O)Nc3ccc(NS(C)(=O)=O)nc3)c2c1. The molecule has 0 unspecified atom stereocenters. The van der Waals surface area contributed by atoms with Gasteiger partial charge in [-0.2, -0.15) is 5.10 Å². The number of benzene rings is 1. The summed E-state index contributed by atoms with van der Waals surface area (Å²) in [5.41, 5.74) is 9.52. The summed E-state index contributed by atoms with van der Waals surface area (Å²) in [6.45, 7) is 2.33. The van der Waals surface area contributed by atoms with E-state index in [0.717, 1.165) is 23.0 Å². The number of amides is 1. The Morgan fingerprint density at radius 2 is 2.08 bits per heavy atom. The molecule has 38 heavy (non-hydrogen) atoms. The van der Waals surface area contributed by atoms with Gasteiger partial charge in [0, 0.05) is 24.9 Å². The van der Waals surface area contributed by atoms with Gasteiger partial charge in [0.05, 0.1) is 30.2 Å². The number of halogens is 2. The number of fused-ring (bicyclic) bond motifs is 1. The minimum atomic E-state index is -3.47. The van der Waals surface area contributed by atoms with Crippen LogP contribution in [-0.4, -0.2) is 66.2 Å². The fraction of sp³-hybridized carbons (Fsp3) is 0.320. The second kappa shape index (κ2) is 10.9. The third-order valence-electron chi connectivity index (χ3n) is 6.07. The number of nitrogens with one attached hydrogen (secondary N) is 3. The van der Waals surface area contributed by atoms with Crippen LogP contribution < -0.4 is 15.8 Å². The molecule has 0 aliphatic carbocycles. The first-order valence-corrected chi connectivity index (χ1v) is 13.8. The summed E-state index contributed by atoms with van der Waals surface area (Å²) in [6.07, 6.45) is 6.18. The number of aromatic amines is 1. The van der Waals surface area contributed by atoms with Crippen LogP contribution in [0.2, 0.25) is 0 Å². The van der Waals surface area contributed by atoms with E-state index in [4.69, 9.17) is 5.73 Å². The summed E-state index contributed by atoms with van der Waals surface area (Å²) in [4.78, 5) is 18.7. The number of anilines is 2. The molecule has 13 heteroatoms. The quantitative estimate of drug-likeness (QED) is 0.301. The highest BCUT2D eigenvalue weighted by molar-refractivity contribution is 7.92. The second-order valence-corrected chi connectivity index (χ2v) is 10.9. The molecule has 5 N–H and O–H groups in total. The van der Waals surface area contributed by atoms with Crippen molar-refractivity contribution in [2.75, 3.05) is 35.9 Å². The van der Waals surface area contributed by atoms with E-state index >= 15 is 0 Å². The molecule has 1 aliphatic rings. The van der Waals surface area contributed by atoms with Crippen LogP contribution in [0.1, 0.15) is 35.8 Å². The maximum absolute atomic E-state index is 13.6. The fourth-order valence-corrected chi connectivity index (χ4v) is 4.76. The number of rotatable bonds is 9. The van der Waals surface area contributed by atoms with Gasteiger partial charge in [-0.15, -0.1) is 0 Å². The second-order valence-electron chi connectivity index (χ2n) is 9.17. The molecule has 4 rings (SSSR count). The first-order chi connectivity index (χ1) is 18.0. The molecular formula is C25H29F2N7O3S. The number of allylic oxidation sites excluding steroid dienone is 1. The number of sulfonamides is 1. The van der Waals surface area contributed by atoms with Crippen LogP contribution in [0.3, 0.4) is 0 Å². The molecule has 1 aromatic carbocycles. The van der Waals surface area contributed by atoms with Gasteiger partial charge in [0.2, 0.25) is 10.0 Å². The van der Waals surface area contributed by atoms with E-state index in [1.807, 2.05) is 31.2 Å². The van der Waals surface area contributed by atoms with Gasteiger partial charge in [0.15, 0.2) is 5.69 Å². The molecule has 10 nitrogen and oxygen atoms in total. The predicted molar refractivity (Wildman–Crippen MR) is 143 cm³/mol. The number of hydrogen-bond donors (Lipinski definition) is 4. The number of carbonyl (C=O) groups excluding carboxylic acids is 1. The van der Waals surface area contributed by atoms with Gasteiger partial charge in [0.25, 0.3) is 11.8 Å². The van der Waals surface area contributed by atoms with Crippen molar-refractivity contribution in [3.05, 3.63) is 65.6 Å². The summed E-state index contributed by atoms with van der Waals surface area (Å²) in [5, 5.41) is 10.3. The van der Waals surface area contributed by atoms with Gasteiger partial charge in [-0.25, -0.2) is 22.2 Å². The number of hydrogen-bond acceptors (Lipinski definition) is 7. The van der Waals surface area contributed by atoms with E-state index in [-0.39, 0.29) is 24.5 Å². The number of nitrogens with two attached hydrogens (primary N) is 1. The number of H-pyrrole nitrogens is 1. The Balaban J connectivity index is 1.53. The smallest absolute Gasteiger partial charge is 0.276 e. The summed E-state index contributed by atoms with van der Waals surface area (Å²) >= 11 is 0. The highest BCUT2D eigenvalue weighted by Crippen LogP contribution is 2.29. The molecule has 1 amide bonds. The summed E-state index contributed by atoms with van der Waals surface area (Å²) in [6, 6.07) is 8.51. The molecule has 0 atom stereocenters. The van der Waals surface area contributed by atoms with Crippen molar-refractivity contribution in [1.82, 2.24) is 20.1 Å². The number of likely N-dealkylation sites (tertiary alicyclic amines) is 1. The summed E-state index contributed by atoms with van der Waals surface area (Å²) < 4.78 is 52.1. The normalized spacial score (nSPS) is 16.6. The Bertz CT molecular complexity index is 1500. The van der Waals surface area contributed by atoms with Crippen molar-refractivity contribution >= 4 is 43.9 Å². The van der Waals surface area contributed by atoms with Crippen molar-refractivity contribution in [2.24, 2.45) is 5.73 Å². The molecule has 1 fully saturated rings. The van der Waals surface area contributed by atoms with Gasteiger partial charge in [0.1, 0.15) is 5.82 Å². The first-order valence-electron chi connectivity index (χ1n) is 11.9. The monoisotopic (exact) mass is 545 g/mol. The lowest BCUT2D eigenvalue weighted by Gasteiger charge is -2.17. The van der Waals surface area contributed by atoms with E-state index < -0.39 is 21.9 Å². The number of nitrogens with zero attached hydrogens (tertiary/aromatic N) is 3. The molecule has 3 aromatic rings.